The van der Waals surface area contributed by atoms with Crippen LogP contribution in [0, 0.1) is 17.3 Å². The summed E-state index contributed by atoms with van der Waals surface area (Å²) in [6.07, 6.45) is 3.28. The number of hydrogen-bond donors (Lipinski definition) is 1. The molecule has 1 aliphatic heterocycles. The van der Waals surface area contributed by atoms with Gasteiger partial charge in [-0.15, -0.1) is 0 Å². The van der Waals surface area contributed by atoms with Gasteiger partial charge in [0.05, 0.1) is 11.3 Å². The number of carbonyl (C=O) groups is 2. The Morgan fingerprint density at radius 2 is 1.95 bits per heavy atom. The van der Waals surface area contributed by atoms with Gasteiger partial charge in [-0.25, -0.2) is 0 Å². The summed E-state index contributed by atoms with van der Waals surface area (Å²) in [7, 11) is 0. The predicted octanol–water partition coefficient (Wildman–Crippen LogP) is 2.58. The number of carboxylic acids is 1. The van der Waals surface area contributed by atoms with E-state index in [2.05, 4.69) is 12.1 Å². The Morgan fingerprint density at radius 1 is 1.27 bits per heavy atom. The van der Waals surface area contributed by atoms with Crippen molar-refractivity contribution in [1.82, 2.24) is 4.90 Å². The summed E-state index contributed by atoms with van der Waals surface area (Å²) < 4.78 is 0. The van der Waals surface area contributed by atoms with Crippen molar-refractivity contribution >= 4 is 11.9 Å². The second-order valence-corrected chi connectivity index (χ2v) is 6.90. The second-order valence-electron chi connectivity index (χ2n) is 6.90. The van der Waals surface area contributed by atoms with Gasteiger partial charge >= 0.3 is 5.97 Å². The first-order valence-electron chi connectivity index (χ1n) is 8.08. The molecule has 2 atom stereocenters. The summed E-state index contributed by atoms with van der Waals surface area (Å²) in [4.78, 5) is 26.0. The highest BCUT2D eigenvalue weighted by atomic mass is 16.4. The van der Waals surface area contributed by atoms with E-state index in [1.165, 1.54) is 5.56 Å². The Hall–Kier alpha value is -1.84. The van der Waals surface area contributed by atoms with Gasteiger partial charge in [0.25, 0.3) is 0 Å². The number of carboxylic acid groups (broad SMARTS) is 1. The summed E-state index contributed by atoms with van der Waals surface area (Å²) in [6, 6.07) is 10.2. The highest BCUT2D eigenvalue weighted by Crippen LogP contribution is 2.50. The van der Waals surface area contributed by atoms with Gasteiger partial charge in [0, 0.05) is 13.1 Å². The second kappa shape index (κ2) is 5.75. The third kappa shape index (κ3) is 2.87. The molecule has 1 aromatic carbocycles. The quantitative estimate of drug-likeness (QED) is 0.930. The number of aliphatic carboxylic acids is 1. The van der Waals surface area contributed by atoms with Gasteiger partial charge < -0.3 is 10.0 Å². The molecule has 0 aromatic heterocycles. The molecule has 1 saturated heterocycles. The van der Waals surface area contributed by atoms with Crippen molar-refractivity contribution < 1.29 is 14.7 Å². The third-order valence-electron chi connectivity index (χ3n) is 5.20. The number of nitrogens with zero attached hydrogens (tertiary/aromatic N) is 1. The average molecular weight is 301 g/mol. The lowest BCUT2D eigenvalue weighted by molar-refractivity contribution is -0.150. The molecular weight excluding hydrogens is 278 g/mol. The minimum absolute atomic E-state index is 0.0303. The molecule has 1 saturated carbocycles. The Bertz CT molecular complexity index is 565. The molecule has 1 aliphatic carbocycles. The van der Waals surface area contributed by atoms with E-state index in [1.54, 1.807) is 0 Å². The molecule has 0 spiro atoms. The first kappa shape index (κ1) is 15.1. The van der Waals surface area contributed by atoms with Gasteiger partial charge in [-0.3, -0.25) is 9.59 Å². The summed E-state index contributed by atoms with van der Waals surface area (Å²) >= 11 is 0. The lowest BCUT2D eigenvalue weighted by Crippen LogP contribution is -2.48. The van der Waals surface area contributed by atoms with Crippen LogP contribution in [0.15, 0.2) is 30.3 Å². The average Bonchev–Trinajstić information content (AvgIpc) is 3.27. The first-order chi connectivity index (χ1) is 10.5. The van der Waals surface area contributed by atoms with Crippen LogP contribution in [0.2, 0.25) is 0 Å². The largest absolute Gasteiger partial charge is 0.481 e. The Kier molecular flexibility index (Phi) is 3.94. The Morgan fingerprint density at radius 3 is 2.50 bits per heavy atom. The van der Waals surface area contributed by atoms with E-state index in [0.29, 0.717) is 19.5 Å². The molecule has 0 radical (unpaired) electrons. The molecule has 4 heteroatoms. The SMILES string of the molecule is CC1CN(C(=O)C2(Cc3ccccc3)CC2)CCC1C(=O)O. The standard InChI is InChI=1S/C18H23NO3/c1-13-12-19(10-7-15(13)16(20)21)17(22)18(8-9-18)11-14-5-3-2-4-6-14/h2-6,13,15H,7-12H2,1H3,(H,20,21). The van der Waals surface area contributed by atoms with E-state index < -0.39 is 5.97 Å². The molecule has 1 N–H and O–H groups in total. The van der Waals surface area contributed by atoms with Crippen LogP contribution in [-0.4, -0.2) is 35.0 Å². The van der Waals surface area contributed by atoms with Crippen LogP contribution >= 0.6 is 0 Å². The number of hydrogen-bond acceptors (Lipinski definition) is 2. The molecule has 2 aliphatic rings. The van der Waals surface area contributed by atoms with Crippen molar-refractivity contribution in [2.24, 2.45) is 17.3 Å². The molecule has 1 heterocycles. The fourth-order valence-electron chi connectivity index (χ4n) is 3.64. The van der Waals surface area contributed by atoms with Crippen LogP contribution in [0.25, 0.3) is 0 Å². The maximum atomic E-state index is 12.9. The zero-order valence-corrected chi connectivity index (χ0v) is 13.0. The Labute approximate surface area is 131 Å². The lowest BCUT2D eigenvalue weighted by atomic mass is 9.85. The van der Waals surface area contributed by atoms with E-state index in [4.69, 9.17) is 0 Å². The maximum Gasteiger partial charge on any atom is 0.306 e. The lowest BCUT2D eigenvalue weighted by Gasteiger charge is -2.37. The van der Waals surface area contributed by atoms with Crippen LogP contribution in [0.1, 0.15) is 31.7 Å². The van der Waals surface area contributed by atoms with Crippen LogP contribution in [0.5, 0.6) is 0 Å². The molecule has 3 rings (SSSR count). The number of rotatable bonds is 4. The van der Waals surface area contributed by atoms with Crippen molar-refractivity contribution in [3.63, 3.8) is 0 Å². The van der Waals surface area contributed by atoms with E-state index in [1.807, 2.05) is 30.0 Å². The zero-order chi connectivity index (χ0) is 15.7. The van der Waals surface area contributed by atoms with Crippen LogP contribution in [0.3, 0.4) is 0 Å². The minimum atomic E-state index is -0.731. The fraction of sp³-hybridized carbons (Fsp3) is 0.556. The number of piperidine rings is 1. The summed E-state index contributed by atoms with van der Waals surface area (Å²) in [5.74, 6) is -0.784. The van der Waals surface area contributed by atoms with Crippen molar-refractivity contribution in [3.05, 3.63) is 35.9 Å². The molecule has 0 bridgehead atoms. The van der Waals surface area contributed by atoms with E-state index in [9.17, 15) is 14.7 Å². The van der Waals surface area contributed by atoms with Crippen LogP contribution in [-0.2, 0) is 16.0 Å². The van der Waals surface area contributed by atoms with E-state index >= 15 is 0 Å². The molecule has 22 heavy (non-hydrogen) atoms. The topological polar surface area (TPSA) is 57.6 Å². The maximum absolute atomic E-state index is 12.9. The third-order valence-corrected chi connectivity index (χ3v) is 5.20. The summed E-state index contributed by atoms with van der Waals surface area (Å²) in [5, 5.41) is 9.20. The molecule has 1 aromatic rings. The number of carbonyl (C=O) groups excluding carboxylic acids is 1. The molecule has 1 amide bonds. The molecule has 2 unspecified atom stereocenters. The normalized spacial score (nSPS) is 26.5. The molecular formula is C18H23NO3. The summed E-state index contributed by atoms with van der Waals surface area (Å²) in [5.41, 5.74) is 0.985. The number of likely N-dealkylation sites (tertiary alicyclic amines) is 1. The van der Waals surface area contributed by atoms with Gasteiger partial charge in [0.15, 0.2) is 0 Å². The predicted molar refractivity (Wildman–Crippen MR) is 83.3 cm³/mol. The number of benzene rings is 1. The van der Waals surface area contributed by atoms with E-state index in [0.717, 1.165) is 19.3 Å². The van der Waals surface area contributed by atoms with Crippen LogP contribution < -0.4 is 0 Å². The highest BCUT2D eigenvalue weighted by molar-refractivity contribution is 5.86. The zero-order valence-electron chi connectivity index (χ0n) is 13.0. The smallest absolute Gasteiger partial charge is 0.306 e. The summed E-state index contributed by atoms with van der Waals surface area (Å²) in [6.45, 7) is 3.10. The van der Waals surface area contributed by atoms with Gasteiger partial charge in [-0.05, 0) is 37.2 Å². The highest BCUT2D eigenvalue weighted by Gasteiger charge is 2.52. The van der Waals surface area contributed by atoms with E-state index in [-0.39, 0.29) is 23.2 Å². The Balaban J connectivity index is 1.66. The van der Waals surface area contributed by atoms with Crippen molar-refractivity contribution in [3.8, 4) is 0 Å². The van der Waals surface area contributed by atoms with Gasteiger partial charge in [0.1, 0.15) is 0 Å². The molecule has 118 valence electrons. The number of amides is 1. The fourth-order valence-corrected chi connectivity index (χ4v) is 3.64. The van der Waals surface area contributed by atoms with Crippen molar-refractivity contribution in [2.45, 2.75) is 32.6 Å². The first-order valence-corrected chi connectivity index (χ1v) is 8.08. The molecule has 2 fully saturated rings. The van der Waals surface area contributed by atoms with Crippen molar-refractivity contribution in [2.75, 3.05) is 13.1 Å². The van der Waals surface area contributed by atoms with Gasteiger partial charge in [-0.2, -0.15) is 0 Å². The van der Waals surface area contributed by atoms with Crippen molar-refractivity contribution in [1.29, 1.82) is 0 Å². The molecule has 4 nitrogen and oxygen atoms in total. The minimum Gasteiger partial charge on any atom is -0.481 e. The van der Waals surface area contributed by atoms with Gasteiger partial charge in [-0.1, -0.05) is 37.3 Å². The van der Waals surface area contributed by atoms with Crippen LogP contribution in [0.4, 0.5) is 0 Å². The monoisotopic (exact) mass is 301 g/mol. The van der Waals surface area contributed by atoms with Gasteiger partial charge in [0.2, 0.25) is 5.91 Å².